The van der Waals surface area contributed by atoms with Gasteiger partial charge in [0.1, 0.15) is 5.82 Å². The summed E-state index contributed by atoms with van der Waals surface area (Å²) in [4.78, 5) is 12.7. The van der Waals surface area contributed by atoms with Gasteiger partial charge in [-0.05, 0) is 37.0 Å². The van der Waals surface area contributed by atoms with Gasteiger partial charge in [-0.3, -0.25) is 9.69 Å². The first-order chi connectivity index (χ1) is 10.0. The highest BCUT2D eigenvalue weighted by molar-refractivity contribution is 5.66. The first-order valence-corrected chi connectivity index (χ1v) is 7.35. The summed E-state index contributed by atoms with van der Waals surface area (Å²) in [5.74, 6) is -0.978. The third-order valence-corrected chi connectivity index (χ3v) is 3.85. The number of likely N-dealkylation sites (tertiary alicyclic amines) is 1. The Labute approximate surface area is 124 Å². The molecule has 1 fully saturated rings. The number of aliphatic carboxylic acids is 1. The molecule has 21 heavy (non-hydrogen) atoms. The summed E-state index contributed by atoms with van der Waals surface area (Å²) in [5, 5.41) is 8.57. The van der Waals surface area contributed by atoms with Crippen molar-refractivity contribution in [1.29, 1.82) is 0 Å². The van der Waals surface area contributed by atoms with Crippen LogP contribution in [-0.2, 0) is 16.1 Å². The van der Waals surface area contributed by atoms with Gasteiger partial charge in [-0.2, -0.15) is 0 Å². The van der Waals surface area contributed by atoms with E-state index >= 15 is 0 Å². The Bertz CT molecular complexity index is 484. The predicted octanol–water partition coefficient (Wildman–Crippen LogP) is 2.59. The minimum Gasteiger partial charge on any atom is -0.481 e. The summed E-state index contributed by atoms with van der Waals surface area (Å²) in [6.07, 6.45) is 2.00. The second kappa shape index (κ2) is 7.52. The van der Waals surface area contributed by atoms with Crippen LogP contribution in [0.4, 0.5) is 4.39 Å². The molecular weight excluding hydrogens is 273 g/mol. The summed E-state index contributed by atoms with van der Waals surface area (Å²) < 4.78 is 19.1. The van der Waals surface area contributed by atoms with E-state index in [1.165, 1.54) is 0 Å². The minimum absolute atomic E-state index is 0.0584. The zero-order chi connectivity index (χ0) is 15.2. The van der Waals surface area contributed by atoms with Crippen LogP contribution in [0, 0.1) is 12.7 Å². The lowest BCUT2D eigenvalue weighted by molar-refractivity contribution is -0.138. The Morgan fingerprint density at radius 1 is 1.43 bits per heavy atom. The number of rotatable bonds is 6. The highest BCUT2D eigenvalue weighted by atomic mass is 19.1. The van der Waals surface area contributed by atoms with Crippen LogP contribution in [0.25, 0.3) is 0 Å². The molecule has 0 radical (unpaired) electrons. The molecule has 4 nitrogen and oxygen atoms in total. The fraction of sp³-hybridized carbons (Fsp3) is 0.562. The van der Waals surface area contributed by atoms with E-state index in [1.807, 2.05) is 12.1 Å². The zero-order valence-electron chi connectivity index (χ0n) is 12.3. The van der Waals surface area contributed by atoms with Crippen molar-refractivity contribution in [2.45, 2.75) is 38.8 Å². The maximum absolute atomic E-state index is 13.5. The molecular formula is C16H22FNO3. The molecule has 0 aromatic heterocycles. The molecule has 0 aliphatic carbocycles. The summed E-state index contributed by atoms with van der Waals surface area (Å²) in [6.45, 7) is 4.59. The lowest BCUT2D eigenvalue weighted by Gasteiger charge is -2.31. The quantitative estimate of drug-likeness (QED) is 0.876. The lowest BCUT2D eigenvalue weighted by Crippen LogP contribution is -2.36. The normalized spacial score (nSPS) is 17.0. The highest BCUT2D eigenvalue weighted by Crippen LogP contribution is 2.17. The van der Waals surface area contributed by atoms with Crippen LogP contribution in [0.2, 0.25) is 0 Å². The van der Waals surface area contributed by atoms with Gasteiger partial charge in [-0.15, -0.1) is 0 Å². The van der Waals surface area contributed by atoms with Crippen LogP contribution < -0.4 is 0 Å². The largest absolute Gasteiger partial charge is 0.481 e. The van der Waals surface area contributed by atoms with Crippen LogP contribution in [0.5, 0.6) is 0 Å². The van der Waals surface area contributed by atoms with Gasteiger partial charge in [0.2, 0.25) is 0 Å². The van der Waals surface area contributed by atoms with Crippen molar-refractivity contribution in [3.8, 4) is 0 Å². The van der Waals surface area contributed by atoms with E-state index in [0.29, 0.717) is 5.56 Å². The van der Waals surface area contributed by atoms with Crippen LogP contribution in [0.15, 0.2) is 18.2 Å². The number of hydrogen-bond acceptors (Lipinski definition) is 3. The molecule has 0 spiro atoms. The standard InChI is InChI=1S/C16H22FNO3/c1-12-2-3-13(10-15(12)17)11-18-7-4-14(5-8-18)21-9-6-16(19)20/h2-3,10,14H,4-9,11H2,1H3,(H,19,20). The van der Waals surface area contributed by atoms with Gasteiger partial charge in [0.05, 0.1) is 19.1 Å². The average molecular weight is 295 g/mol. The van der Waals surface area contributed by atoms with Gasteiger partial charge in [-0.1, -0.05) is 12.1 Å². The molecule has 1 aromatic carbocycles. The van der Waals surface area contributed by atoms with Crippen molar-refractivity contribution >= 4 is 5.97 Å². The van der Waals surface area contributed by atoms with Crippen molar-refractivity contribution < 1.29 is 19.0 Å². The Hall–Kier alpha value is -1.46. The molecule has 0 saturated carbocycles. The molecule has 1 aromatic rings. The number of carbonyl (C=O) groups is 1. The first-order valence-electron chi connectivity index (χ1n) is 7.35. The fourth-order valence-corrected chi connectivity index (χ4v) is 2.54. The first kappa shape index (κ1) is 15.9. The summed E-state index contributed by atoms with van der Waals surface area (Å²) >= 11 is 0. The molecule has 0 bridgehead atoms. The number of benzene rings is 1. The summed E-state index contributed by atoms with van der Waals surface area (Å²) in [5.41, 5.74) is 1.66. The Balaban J connectivity index is 1.73. The number of nitrogens with zero attached hydrogens (tertiary/aromatic N) is 1. The van der Waals surface area contributed by atoms with E-state index in [2.05, 4.69) is 4.90 Å². The maximum Gasteiger partial charge on any atom is 0.305 e. The number of carboxylic acids is 1. The molecule has 0 amide bonds. The van der Waals surface area contributed by atoms with Crippen molar-refractivity contribution in [2.24, 2.45) is 0 Å². The fourth-order valence-electron chi connectivity index (χ4n) is 2.54. The predicted molar refractivity (Wildman–Crippen MR) is 77.6 cm³/mol. The van der Waals surface area contributed by atoms with E-state index in [-0.39, 0.29) is 24.9 Å². The summed E-state index contributed by atoms with van der Waals surface area (Å²) in [6, 6.07) is 5.38. The molecule has 1 aliphatic rings. The number of piperidine rings is 1. The van der Waals surface area contributed by atoms with Crippen LogP contribution in [-0.4, -0.2) is 41.8 Å². The molecule has 0 unspecified atom stereocenters. The second-order valence-corrected chi connectivity index (χ2v) is 5.57. The van der Waals surface area contributed by atoms with Gasteiger partial charge in [0.15, 0.2) is 0 Å². The number of aryl methyl sites for hydroxylation is 1. The zero-order valence-corrected chi connectivity index (χ0v) is 12.3. The van der Waals surface area contributed by atoms with E-state index in [1.54, 1.807) is 13.0 Å². The smallest absolute Gasteiger partial charge is 0.305 e. The third-order valence-electron chi connectivity index (χ3n) is 3.85. The Morgan fingerprint density at radius 3 is 2.76 bits per heavy atom. The van der Waals surface area contributed by atoms with Gasteiger partial charge in [0.25, 0.3) is 0 Å². The molecule has 2 rings (SSSR count). The molecule has 1 aliphatic heterocycles. The van der Waals surface area contributed by atoms with Crippen molar-refractivity contribution in [1.82, 2.24) is 4.90 Å². The highest BCUT2D eigenvalue weighted by Gasteiger charge is 2.20. The molecule has 1 N–H and O–H groups in total. The van der Waals surface area contributed by atoms with Gasteiger partial charge < -0.3 is 9.84 Å². The van der Waals surface area contributed by atoms with Crippen LogP contribution >= 0.6 is 0 Å². The SMILES string of the molecule is Cc1ccc(CN2CCC(OCCC(=O)O)CC2)cc1F. The molecule has 116 valence electrons. The van der Waals surface area contributed by atoms with Gasteiger partial charge >= 0.3 is 5.97 Å². The topological polar surface area (TPSA) is 49.8 Å². The molecule has 1 saturated heterocycles. The number of hydrogen-bond donors (Lipinski definition) is 1. The molecule has 0 atom stereocenters. The van der Waals surface area contributed by atoms with Crippen LogP contribution in [0.1, 0.15) is 30.4 Å². The number of carboxylic acid groups (broad SMARTS) is 1. The van der Waals surface area contributed by atoms with Crippen molar-refractivity contribution in [2.75, 3.05) is 19.7 Å². The van der Waals surface area contributed by atoms with E-state index < -0.39 is 5.97 Å². The van der Waals surface area contributed by atoms with E-state index in [0.717, 1.165) is 38.0 Å². The minimum atomic E-state index is -0.825. The van der Waals surface area contributed by atoms with Gasteiger partial charge in [0, 0.05) is 19.6 Å². The Morgan fingerprint density at radius 2 is 2.14 bits per heavy atom. The second-order valence-electron chi connectivity index (χ2n) is 5.57. The third kappa shape index (κ3) is 5.10. The maximum atomic E-state index is 13.5. The number of halogens is 1. The van der Waals surface area contributed by atoms with E-state index in [4.69, 9.17) is 9.84 Å². The van der Waals surface area contributed by atoms with Crippen LogP contribution in [0.3, 0.4) is 0 Å². The van der Waals surface area contributed by atoms with Gasteiger partial charge in [-0.25, -0.2) is 4.39 Å². The Kier molecular flexibility index (Phi) is 5.70. The van der Waals surface area contributed by atoms with Crippen molar-refractivity contribution in [3.63, 3.8) is 0 Å². The molecule has 5 heteroatoms. The summed E-state index contributed by atoms with van der Waals surface area (Å²) in [7, 11) is 0. The van der Waals surface area contributed by atoms with E-state index in [9.17, 15) is 9.18 Å². The monoisotopic (exact) mass is 295 g/mol. The van der Waals surface area contributed by atoms with Crippen molar-refractivity contribution in [3.05, 3.63) is 35.1 Å². The average Bonchev–Trinajstić information content (AvgIpc) is 2.44. The lowest BCUT2D eigenvalue weighted by atomic mass is 10.1. The molecule has 1 heterocycles. The number of ether oxygens (including phenoxy) is 1.